The van der Waals surface area contributed by atoms with Crippen LogP contribution in [-0.2, 0) is 20.8 Å². The van der Waals surface area contributed by atoms with E-state index in [1.165, 1.54) is 24.3 Å². The van der Waals surface area contributed by atoms with Crippen LogP contribution in [0.25, 0.3) is 11.1 Å². The minimum Gasteiger partial charge on any atom is -0.353 e. The zero-order valence-corrected chi connectivity index (χ0v) is 23.7. The smallest absolute Gasteiger partial charge is 0.353 e. The second-order valence-corrected chi connectivity index (χ2v) is 10.6. The number of halogens is 4. The summed E-state index contributed by atoms with van der Waals surface area (Å²) in [4.78, 5) is 50.7. The topological polar surface area (TPSA) is 116 Å². The Kier molecular flexibility index (Phi) is 10.4. The quantitative estimate of drug-likeness (QED) is 0.172. The molecule has 4 N–H and O–H groups in total. The molecule has 1 aliphatic rings. The molecule has 0 spiro atoms. The predicted molar refractivity (Wildman–Crippen MR) is 155 cm³/mol. The Morgan fingerprint density at radius 1 is 0.795 bits per heavy atom. The number of carbonyl (C=O) groups excluding carboxylic acids is 4. The molecule has 8 nitrogen and oxygen atoms in total. The largest absolute Gasteiger partial charge is 0.411 e. The molecular formula is C32H32F4N4O4. The second kappa shape index (κ2) is 14.2. The van der Waals surface area contributed by atoms with Crippen molar-refractivity contribution in [1.82, 2.24) is 21.3 Å². The van der Waals surface area contributed by atoms with Gasteiger partial charge in [0.15, 0.2) is 0 Å². The number of aryl methyl sites for hydroxylation is 1. The van der Waals surface area contributed by atoms with Crippen molar-refractivity contribution in [1.29, 1.82) is 0 Å². The average Bonchev–Trinajstić information content (AvgIpc) is 3.80. The molecule has 4 rings (SSSR count). The van der Waals surface area contributed by atoms with Crippen molar-refractivity contribution in [2.45, 2.75) is 49.9 Å². The fourth-order valence-corrected chi connectivity index (χ4v) is 4.55. The van der Waals surface area contributed by atoms with Crippen LogP contribution in [-0.4, -0.2) is 54.5 Å². The van der Waals surface area contributed by atoms with Crippen LogP contribution in [0.4, 0.5) is 17.6 Å². The van der Waals surface area contributed by atoms with Gasteiger partial charge in [-0.3, -0.25) is 19.2 Å². The number of hydrogen-bond acceptors (Lipinski definition) is 4. The maximum absolute atomic E-state index is 13.3. The summed E-state index contributed by atoms with van der Waals surface area (Å²) in [6, 6.07) is 20.5. The number of alkyl halides is 3. The second-order valence-electron chi connectivity index (χ2n) is 10.6. The molecule has 12 heteroatoms. The standard InChI is InChI=1S/C32H32F4N4O4/c33-25-12-9-21(10-13-25)11-14-27(41)39-26(20-28(42)40-31(15-16-31)32(34,35)36)30(44)38-18-17-37-29(43)24-8-4-7-23(19-24)22-5-2-1-3-6-22/h1-10,12-13,19,26H,11,14-18,20H2,(H,37,43)(H,38,44)(H,39,41)(H,40,42)/t26-/m0/s1. The van der Waals surface area contributed by atoms with Crippen molar-refractivity contribution in [3.05, 3.63) is 95.8 Å². The molecular weight excluding hydrogens is 580 g/mol. The van der Waals surface area contributed by atoms with Gasteiger partial charge < -0.3 is 21.3 Å². The first-order valence-electron chi connectivity index (χ1n) is 14.1. The zero-order chi connectivity index (χ0) is 31.7. The van der Waals surface area contributed by atoms with E-state index in [4.69, 9.17) is 0 Å². The molecule has 3 aromatic carbocycles. The highest BCUT2D eigenvalue weighted by Gasteiger charge is 2.64. The van der Waals surface area contributed by atoms with Crippen molar-refractivity contribution < 1.29 is 36.7 Å². The lowest BCUT2D eigenvalue weighted by Gasteiger charge is -2.23. The fraction of sp³-hybridized carbons (Fsp3) is 0.312. The van der Waals surface area contributed by atoms with Gasteiger partial charge in [-0.1, -0.05) is 54.6 Å². The monoisotopic (exact) mass is 612 g/mol. The van der Waals surface area contributed by atoms with E-state index < -0.39 is 47.7 Å². The van der Waals surface area contributed by atoms with Gasteiger partial charge in [-0.2, -0.15) is 13.2 Å². The Bertz CT molecular complexity index is 1480. The lowest BCUT2D eigenvalue weighted by Crippen LogP contribution is -2.53. The SMILES string of the molecule is O=C(CCc1ccc(F)cc1)N[C@@H](CC(=O)NC1(C(F)(F)F)CC1)C(=O)NCCNC(=O)c1cccc(-c2ccccc2)c1. The first-order chi connectivity index (χ1) is 21.0. The summed E-state index contributed by atoms with van der Waals surface area (Å²) >= 11 is 0. The molecule has 232 valence electrons. The molecule has 1 atom stereocenters. The maximum Gasteiger partial charge on any atom is 0.411 e. The molecule has 1 aliphatic carbocycles. The van der Waals surface area contributed by atoms with Crippen LogP contribution in [0.2, 0.25) is 0 Å². The highest BCUT2D eigenvalue weighted by Crippen LogP contribution is 2.48. The first kappa shape index (κ1) is 32.2. The average molecular weight is 613 g/mol. The van der Waals surface area contributed by atoms with E-state index in [9.17, 15) is 36.7 Å². The molecule has 0 radical (unpaired) electrons. The highest BCUT2D eigenvalue weighted by atomic mass is 19.4. The van der Waals surface area contributed by atoms with E-state index >= 15 is 0 Å². The molecule has 4 amide bonds. The number of carbonyl (C=O) groups is 4. The van der Waals surface area contributed by atoms with Gasteiger partial charge >= 0.3 is 6.18 Å². The number of benzene rings is 3. The molecule has 44 heavy (non-hydrogen) atoms. The van der Waals surface area contributed by atoms with Gasteiger partial charge in [-0.05, 0) is 60.2 Å². The number of amides is 4. The van der Waals surface area contributed by atoms with Gasteiger partial charge in [0.2, 0.25) is 17.7 Å². The summed E-state index contributed by atoms with van der Waals surface area (Å²) in [7, 11) is 0. The van der Waals surface area contributed by atoms with Gasteiger partial charge in [0.1, 0.15) is 17.4 Å². The van der Waals surface area contributed by atoms with Crippen LogP contribution < -0.4 is 21.3 Å². The summed E-state index contributed by atoms with van der Waals surface area (Å²) in [5.41, 5.74) is 0.527. The van der Waals surface area contributed by atoms with Crippen molar-refractivity contribution in [2.24, 2.45) is 0 Å². The minimum absolute atomic E-state index is 0.00868. The van der Waals surface area contributed by atoms with Crippen LogP contribution in [0.5, 0.6) is 0 Å². The maximum atomic E-state index is 13.3. The van der Waals surface area contributed by atoms with Crippen LogP contribution in [0.1, 0.15) is 41.6 Å². The van der Waals surface area contributed by atoms with E-state index in [2.05, 4.69) is 16.0 Å². The number of rotatable bonds is 13. The van der Waals surface area contributed by atoms with Crippen LogP contribution >= 0.6 is 0 Å². The summed E-state index contributed by atoms with van der Waals surface area (Å²) in [6.45, 7) is -0.0617. The van der Waals surface area contributed by atoms with Crippen molar-refractivity contribution in [3.63, 3.8) is 0 Å². The molecule has 1 fully saturated rings. The molecule has 0 unspecified atom stereocenters. The third-order valence-corrected chi connectivity index (χ3v) is 7.21. The van der Waals surface area contributed by atoms with Crippen molar-refractivity contribution >= 4 is 23.6 Å². The minimum atomic E-state index is -4.64. The lowest BCUT2D eigenvalue weighted by molar-refractivity contribution is -0.170. The van der Waals surface area contributed by atoms with E-state index in [0.29, 0.717) is 11.1 Å². The van der Waals surface area contributed by atoms with Gasteiger partial charge in [0, 0.05) is 25.1 Å². The number of nitrogens with one attached hydrogen (secondary N) is 4. The summed E-state index contributed by atoms with van der Waals surface area (Å²) < 4.78 is 53.1. The Balaban J connectivity index is 1.31. The van der Waals surface area contributed by atoms with E-state index in [1.54, 1.807) is 18.2 Å². The molecule has 0 bridgehead atoms. The van der Waals surface area contributed by atoms with Crippen LogP contribution in [0.15, 0.2) is 78.9 Å². The van der Waals surface area contributed by atoms with Crippen LogP contribution in [0.3, 0.4) is 0 Å². The van der Waals surface area contributed by atoms with Gasteiger partial charge in [-0.15, -0.1) is 0 Å². The predicted octanol–water partition coefficient (Wildman–Crippen LogP) is 4.06. The zero-order valence-electron chi connectivity index (χ0n) is 23.7. The van der Waals surface area contributed by atoms with E-state index in [1.807, 2.05) is 41.7 Å². The number of hydrogen-bond donors (Lipinski definition) is 4. The third kappa shape index (κ3) is 8.88. The molecule has 0 aliphatic heterocycles. The molecule has 0 heterocycles. The Hall–Kier alpha value is -4.74. The summed E-state index contributed by atoms with van der Waals surface area (Å²) in [5, 5.41) is 9.57. The first-order valence-corrected chi connectivity index (χ1v) is 14.1. The molecule has 0 aromatic heterocycles. The summed E-state index contributed by atoms with van der Waals surface area (Å²) in [6.07, 6.45) is -5.79. The van der Waals surface area contributed by atoms with Crippen molar-refractivity contribution in [2.75, 3.05) is 13.1 Å². The van der Waals surface area contributed by atoms with Crippen LogP contribution in [0, 0.1) is 5.82 Å². The fourth-order valence-electron chi connectivity index (χ4n) is 4.55. The normalized spacial score (nSPS) is 14.2. The van der Waals surface area contributed by atoms with Gasteiger partial charge in [-0.25, -0.2) is 4.39 Å². The highest BCUT2D eigenvalue weighted by molar-refractivity contribution is 5.95. The molecule has 0 saturated heterocycles. The Morgan fingerprint density at radius 2 is 1.45 bits per heavy atom. The third-order valence-electron chi connectivity index (χ3n) is 7.21. The van der Waals surface area contributed by atoms with Gasteiger partial charge in [0.25, 0.3) is 5.91 Å². The molecule has 1 saturated carbocycles. The Morgan fingerprint density at radius 3 is 2.11 bits per heavy atom. The lowest BCUT2D eigenvalue weighted by atomic mass is 10.0. The van der Waals surface area contributed by atoms with E-state index in [0.717, 1.165) is 11.1 Å². The Labute approximate surface area is 251 Å². The molecule has 3 aromatic rings. The van der Waals surface area contributed by atoms with Crippen molar-refractivity contribution in [3.8, 4) is 11.1 Å². The van der Waals surface area contributed by atoms with E-state index in [-0.39, 0.29) is 44.7 Å². The van der Waals surface area contributed by atoms with Gasteiger partial charge in [0.05, 0.1) is 6.42 Å². The summed E-state index contributed by atoms with van der Waals surface area (Å²) in [5.74, 6) is -3.28.